The second kappa shape index (κ2) is 7.05. The zero-order valence-electron chi connectivity index (χ0n) is 14.0. The molecular formula is C16H28N4O3. The fourth-order valence-corrected chi connectivity index (χ4v) is 3.45. The zero-order chi connectivity index (χ0) is 16.3. The Morgan fingerprint density at radius 3 is 2.48 bits per heavy atom. The minimum absolute atomic E-state index is 0.133. The van der Waals surface area contributed by atoms with Crippen LogP contribution in [0.4, 0.5) is 0 Å². The van der Waals surface area contributed by atoms with E-state index in [-0.39, 0.29) is 12.0 Å². The van der Waals surface area contributed by atoms with Gasteiger partial charge in [0.25, 0.3) is 5.91 Å². The van der Waals surface area contributed by atoms with Crippen LogP contribution in [0.2, 0.25) is 0 Å². The number of rotatable bonds is 3. The topological polar surface area (TPSA) is 77.4 Å². The summed E-state index contributed by atoms with van der Waals surface area (Å²) in [6.07, 6.45) is 4.42. The monoisotopic (exact) mass is 324 g/mol. The van der Waals surface area contributed by atoms with E-state index in [4.69, 9.17) is 4.74 Å². The molecule has 7 nitrogen and oxygen atoms in total. The molecule has 1 amide bonds. The lowest BCUT2D eigenvalue weighted by Crippen LogP contribution is -2.57. The Morgan fingerprint density at radius 2 is 1.96 bits per heavy atom. The van der Waals surface area contributed by atoms with Crippen LogP contribution in [0.1, 0.15) is 32.1 Å². The molecule has 0 radical (unpaired) electrons. The molecule has 1 atom stereocenters. The Labute approximate surface area is 137 Å². The van der Waals surface area contributed by atoms with Gasteiger partial charge in [-0.25, -0.2) is 0 Å². The highest BCUT2D eigenvalue weighted by molar-refractivity contribution is 5.82. The van der Waals surface area contributed by atoms with Crippen molar-refractivity contribution >= 4 is 11.9 Å². The molecule has 3 fully saturated rings. The molecule has 2 aliphatic heterocycles. The van der Waals surface area contributed by atoms with Gasteiger partial charge in [0.1, 0.15) is 6.10 Å². The number of nitrogens with one attached hydrogen (secondary N) is 1. The lowest BCUT2D eigenvalue weighted by Gasteiger charge is -2.40. The van der Waals surface area contributed by atoms with Gasteiger partial charge < -0.3 is 25.0 Å². The number of hydrogen-bond acceptors (Lipinski definition) is 4. The maximum absolute atomic E-state index is 12.4. The summed E-state index contributed by atoms with van der Waals surface area (Å²) >= 11 is 0. The van der Waals surface area contributed by atoms with E-state index in [1.807, 2.05) is 4.90 Å². The second-order valence-electron chi connectivity index (χ2n) is 6.79. The van der Waals surface area contributed by atoms with Crippen LogP contribution in [-0.2, 0) is 9.53 Å². The van der Waals surface area contributed by atoms with Gasteiger partial charge in [0, 0.05) is 46.4 Å². The van der Waals surface area contributed by atoms with Crippen molar-refractivity contribution in [2.45, 2.75) is 43.8 Å². The second-order valence-corrected chi connectivity index (χ2v) is 6.79. The summed E-state index contributed by atoms with van der Waals surface area (Å²) in [5.74, 6) is 0.948. The number of nitrogens with zero attached hydrogens (tertiary/aromatic N) is 3. The Bertz CT molecular complexity index is 450. The summed E-state index contributed by atoms with van der Waals surface area (Å²) in [5.41, 5.74) is -0.562. The first-order chi connectivity index (χ1) is 11.1. The predicted molar refractivity (Wildman–Crippen MR) is 87.3 cm³/mol. The highest BCUT2D eigenvalue weighted by Gasteiger charge is 2.35. The lowest BCUT2D eigenvalue weighted by atomic mass is 9.80. The molecular weight excluding hydrogens is 296 g/mol. The summed E-state index contributed by atoms with van der Waals surface area (Å²) in [6, 6.07) is 0. The first-order valence-corrected chi connectivity index (χ1v) is 8.70. The number of hydrogen-bond donors (Lipinski definition) is 2. The van der Waals surface area contributed by atoms with Gasteiger partial charge >= 0.3 is 0 Å². The molecule has 1 aliphatic carbocycles. The van der Waals surface area contributed by atoms with E-state index in [1.54, 1.807) is 7.05 Å². The minimum Gasteiger partial charge on any atom is -0.388 e. The quantitative estimate of drug-likeness (QED) is 0.555. The molecule has 23 heavy (non-hydrogen) atoms. The molecule has 130 valence electrons. The van der Waals surface area contributed by atoms with E-state index < -0.39 is 5.60 Å². The fraction of sp³-hybridized carbons (Fsp3) is 0.875. The fourth-order valence-electron chi connectivity index (χ4n) is 3.45. The molecule has 0 aromatic carbocycles. The van der Waals surface area contributed by atoms with Crippen LogP contribution >= 0.6 is 0 Å². The number of aliphatic imine (C=N–C) groups is 1. The van der Waals surface area contributed by atoms with E-state index in [0.717, 1.165) is 51.2 Å². The normalized spacial score (nSPS) is 27.7. The van der Waals surface area contributed by atoms with E-state index in [1.165, 1.54) is 0 Å². The van der Waals surface area contributed by atoms with Crippen molar-refractivity contribution in [3.63, 3.8) is 0 Å². The standard InChI is InChI=1S/C16H28N4O3/c1-17-15(18-12-16(22)5-3-6-16)20-9-7-19(8-10-20)14(21)13-4-2-11-23-13/h13,22H,2-12H2,1H3,(H,17,18). The Balaban J connectivity index is 1.46. The first-order valence-electron chi connectivity index (χ1n) is 8.70. The number of aliphatic hydroxyl groups is 1. The van der Waals surface area contributed by atoms with Crippen LogP contribution in [-0.4, -0.2) is 84.9 Å². The molecule has 1 saturated carbocycles. The Morgan fingerprint density at radius 1 is 1.26 bits per heavy atom. The maximum Gasteiger partial charge on any atom is 0.251 e. The number of piperazine rings is 1. The van der Waals surface area contributed by atoms with Crippen LogP contribution in [0.3, 0.4) is 0 Å². The molecule has 2 saturated heterocycles. The van der Waals surface area contributed by atoms with Crippen molar-refractivity contribution < 1.29 is 14.6 Å². The molecule has 0 spiro atoms. The molecule has 3 rings (SSSR count). The number of amides is 1. The van der Waals surface area contributed by atoms with Gasteiger partial charge in [-0.15, -0.1) is 0 Å². The summed E-state index contributed by atoms with van der Waals surface area (Å²) in [4.78, 5) is 20.7. The molecule has 2 N–H and O–H groups in total. The number of guanidine groups is 1. The molecule has 7 heteroatoms. The van der Waals surface area contributed by atoms with Gasteiger partial charge in [0.05, 0.1) is 5.60 Å². The Kier molecular flexibility index (Phi) is 5.06. The zero-order valence-corrected chi connectivity index (χ0v) is 14.0. The maximum atomic E-state index is 12.4. The van der Waals surface area contributed by atoms with Gasteiger partial charge in [-0.1, -0.05) is 0 Å². The number of ether oxygens (including phenoxy) is 1. The van der Waals surface area contributed by atoms with Crippen LogP contribution in [0, 0.1) is 0 Å². The van der Waals surface area contributed by atoms with Gasteiger partial charge in [-0.3, -0.25) is 9.79 Å². The van der Waals surface area contributed by atoms with Gasteiger partial charge in [-0.05, 0) is 32.1 Å². The van der Waals surface area contributed by atoms with Crippen molar-refractivity contribution in [1.29, 1.82) is 0 Å². The van der Waals surface area contributed by atoms with Gasteiger partial charge in [-0.2, -0.15) is 0 Å². The molecule has 0 bridgehead atoms. The SMILES string of the molecule is CN=C(NCC1(O)CCC1)N1CCN(C(=O)C2CCCO2)CC1. The van der Waals surface area contributed by atoms with Crippen molar-refractivity contribution in [3.05, 3.63) is 0 Å². The Hall–Kier alpha value is -1.34. The van der Waals surface area contributed by atoms with Crippen molar-refractivity contribution in [1.82, 2.24) is 15.1 Å². The average molecular weight is 324 g/mol. The van der Waals surface area contributed by atoms with Gasteiger partial charge in [0.2, 0.25) is 0 Å². The molecule has 3 aliphatic rings. The van der Waals surface area contributed by atoms with Crippen LogP contribution in [0.5, 0.6) is 0 Å². The highest BCUT2D eigenvalue weighted by atomic mass is 16.5. The summed E-state index contributed by atoms with van der Waals surface area (Å²) in [6.45, 7) is 4.17. The summed E-state index contributed by atoms with van der Waals surface area (Å²) in [5, 5.41) is 13.5. The van der Waals surface area contributed by atoms with E-state index in [0.29, 0.717) is 26.2 Å². The van der Waals surface area contributed by atoms with Crippen molar-refractivity contribution in [3.8, 4) is 0 Å². The predicted octanol–water partition coefficient (Wildman–Crippen LogP) is -0.200. The number of carbonyl (C=O) groups excluding carboxylic acids is 1. The smallest absolute Gasteiger partial charge is 0.251 e. The summed E-state index contributed by atoms with van der Waals surface area (Å²) < 4.78 is 5.49. The van der Waals surface area contributed by atoms with Crippen LogP contribution in [0.15, 0.2) is 4.99 Å². The molecule has 0 aromatic heterocycles. The van der Waals surface area contributed by atoms with E-state index in [2.05, 4.69) is 15.2 Å². The molecule has 0 aromatic rings. The first kappa shape index (κ1) is 16.5. The molecule has 1 unspecified atom stereocenters. The van der Waals surface area contributed by atoms with E-state index >= 15 is 0 Å². The molecule has 2 heterocycles. The average Bonchev–Trinajstić information content (AvgIpc) is 3.08. The minimum atomic E-state index is -0.562. The lowest BCUT2D eigenvalue weighted by molar-refractivity contribution is -0.142. The van der Waals surface area contributed by atoms with E-state index in [9.17, 15) is 9.90 Å². The van der Waals surface area contributed by atoms with Crippen molar-refractivity contribution in [2.75, 3.05) is 46.4 Å². The van der Waals surface area contributed by atoms with Gasteiger partial charge in [0.15, 0.2) is 5.96 Å². The summed E-state index contributed by atoms with van der Waals surface area (Å²) in [7, 11) is 1.76. The third-order valence-electron chi connectivity index (χ3n) is 5.17. The largest absolute Gasteiger partial charge is 0.388 e. The third-order valence-corrected chi connectivity index (χ3v) is 5.17. The van der Waals surface area contributed by atoms with Crippen LogP contribution < -0.4 is 5.32 Å². The van der Waals surface area contributed by atoms with Crippen LogP contribution in [0.25, 0.3) is 0 Å². The third kappa shape index (κ3) is 3.77. The number of carbonyl (C=O) groups is 1. The highest BCUT2D eigenvalue weighted by Crippen LogP contribution is 2.30. The van der Waals surface area contributed by atoms with Crippen molar-refractivity contribution in [2.24, 2.45) is 4.99 Å².